The third kappa shape index (κ3) is 4.26. The Morgan fingerprint density at radius 1 is 1.16 bits per heavy atom. The topological polar surface area (TPSA) is 80.7 Å². The van der Waals surface area contributed by atoms with Gasteiger partial charge >= 0.3 is 0 Å². The molecule has 8 heteroatoms. The number of hydrogen-bond donors (Lipinski definition) is 1. The molecule has 1 aromatic heterocycles. The number of non-ortho nitro benzene ring substituents is 1. The molecule has 1 N–H and O–H groups in total. The second kappa shape index (κ2) is 7.50. The van der Waals surface area contributed by atoms with Gasteiger partial charge in [0.1, 0.15) is 11.5 Å². The van der Waals surface area contributed by atoms with E-state index in [1.165, 1.54) is 24.4 Å². The summed E-state index contributed by atoms with van der Waals surface area (Å²) in [6.45, 7) is 0. The van der Waals surface area contributed by atoms with Crippen LogP contribution in [0.25, 0.3) is 11.3 Å². The lowest BCUT2D eigenvalue weighted by atomic mass is 10.1. The number of anilines is 1. The van der Waals surface area contributed by atoms with E-state index in [2.05, 4.69) is 26.5 Å². The fraction of sp³-hybridized carbons (Fsp3) is 0. The Morgan fingerprint density at radius 3 is 2.64 bits per heavy atom. The number of nitrogens with zero attached hydrogens (tertiary/aromatic N) is 2. The van der Waals surface area contributed by atoms with E-state index in [4.69, 9.17) is 16.0 Å². The highest BCUT2D eigenvalue weighted by Crippen LogP contribution is 2.32. The first-order valence-corrected chi connectivity index (χ1v) is 8.29. The van der Waals surface area contributed by atoms with Crippen molar-refractivity contribution in [2.75, 3.05) is 5.43 Å². The largest absolute Gasteiger partial charge is 0.455 e. The second-order valence-electron chi connectivity index (χ2n) is 5.00. The minimum atomic E-state index is -0.479. The lowest BCUT2D eigenvalue weighted by Gasteiger charge is -2.01. The summed E-state index contributed by atoms with van der Waals surface area (Å²) in [7, 11) is 0. The zero-order valence-corrected chi connectivity index (χ0v) is 15.0. The van der Waals surface area contributed by atoms with E-state index in [1.54, 1.807) is 12.1 Å². The van der Waals surface area contributed by atoms with E-state index in [0.717, 1.165) is 10.2 Å². The van der Waals surface area contributed by atoms with Crippen molar-refractivity contribution in [1.29, 1.82) is 0 Å². The molecule has 126 valence electrons. The molecule has 0 atom stereocenters. The van der Waals surface area contributed by atoms with Crippen molar-refractivity contribution in [3.8, 4) is 11.3 Å². The molecule has 0 bridgehead atoms. The highest BCUT2D eigenvalue weighted by Gasteiger charge is 2.14. The minimum absolute atomic E-state index is 0.0528. The van der Waals surface area contributed by atoms with Crippen LogP contribution < -0.4 is 5.43 Å². The molecular formula is C17H11BrClN3O3. The molecule has 0 unspecified atom stereocenters. The van der Waals surface area contributed by atoms with Gasteiger partial charge < -0.3 is 4.42 Å². The average molecular weight is 421 g/mol. The summed E-state index contributed by atoms with van der Waals surface area (Å²) >= 11 is 9.47. The third-order valence-electron chi connectivity index (χ3n) is 3.28. The SMILES string of the molecule is O=[N+]([O-])c1ccc(Cl)c(-c2ccc(/C=N\Nc3ccc(Br)cc3)o2)c1. The fourth-order valence-corrected chi connectivity index (χ4v) is 2.55. The minimum Gasteiger partial charge on any atom is -0.455 e. The van der Waals surface area contributed by atoms with Gasteiger partial charge in [-0.2, -0.15) is 5.10 Å². The molecule has 3 rings (SSSR count). The molecule has 6 nitrogen and oxygen atoms in total. The van der Waals surface area contributed by atoms with Crippen LogP contribution in [0.4, 0.5) is 11.4 Å². The molecule has 2 aromatic carbocycles. The second-order valence-corrected chi connectivity index (χ2v) is 6.32. The summed E-state index contributed by atoms with van der Waals surface area (Å²) < 4.78 is 6.62. The lowest BCUT2D eigenvalue weighted by Crippen LogP contribution is -1.89. The van der Waals surface area contributed by atoms with Gasteiger partial charge in [0.05, 0.1) is 21.8 Å². The Bertz CT molecular complexity index is 939. The molecule has 1 heterocycles. The van der Waals surface area contributed by atoms with Crippen LogP contribution in [0.2, 0.25) is 5.02 Å². The van der Waals surface area contributed by atoms with Gasteiger partial charge in [-0.25, -0.2) is 0 Å². The van der Waals surface area contributed by atoms with Crippen molar-refractivity contribution < 1.29 is 9.34 Å². The van der Waals surface area contributed by atoms with Crippen molar-refractivity contribution in [2.24, 2.45) is 5.10 Å². The Balaban J connectivity index is 1.76. The zero-order valence-electron chi connectivity index (χ0n) is 12.6. The number of nitro benzene ring substituents is 1. The van der Waals surface area contributed by atoms with Crippen LogP contribution >= 0.6 is 27.5 Å². The molecule has 25 heavy (non-hydrogen) atoms. The molecule has 0 fully saturated rings. The quantitative estimate of drug-likeness (QED) is 0.325. The number of hydrazone groups is 1. The highest BCUT2D eigenvalue weighted by molar-refractivity contribution is 9.10. The van der Waals surface area contributed by atoms with Gasteiger partial charge in [0.25, 0.3) is 5.69 Å². The zero-order chi connectivity index (χ0) is 17.8. The standard InChI is InChI=1S/C17H11BrClN3O3/c18-11-1-3-12(4-2-11)21-20-10-14-6-8-17(25-14)15-9-13(22(23)24)5-7-16(15)19/h1-10,21H/b20-10-. The number of nitrogens with one attached hydrogen (secondary N) is 1. The van der Waals surface area contributed by atoms with Crippen molar-refractivity contribution in [2.45, 2.75) is 0 Å². The summed E-state index contributed by atoms with van der Waals surface area (Å²) in [4.78, 5) is 10.4. The smallest absolute Gasteiger partial charge is 0.270 e. The number of halogens is 2. The van der Waals surface area contributed by atoms with E-state index >= 15 is 0 Å². The Morgan fingerprint density at radius 2 is 1.92 bits per heavy atom. The maximum Gasteiger partial charge on any atom is 0.270 e. The predicted octanol–water partition coefficient (Wildman–Crippen LogP) is 5.72. The van der Waals surface area contributed by atoms with Crippen LogP contribution in [0, 0.1) is 10.1 Å². The molecule has 0 spiro atoms. The van der Waals surface area contributed by atoms with Crippen LogP contribution in [0.5, 0.6) is 0 Å². The van der Waals surface area contributed by atoms with Crippen molar-refractivity contribution >= 4 is 45.1 Å². The molecular weight excluding hydrogens is 410 g/mol. The number of rotatable bonds is 5. The number of nitro groups is 1. The van der Waals surface area contributed by atoms with Crippen molar-refractivity contribution in [3.63, 3.8) is 0 Å². The van der Waals surface area contributed by atoms with Crippen LogP contribution in [0.1, 0.15) is 5.76 Å². The van der Waals surface area contributed by atoms with E-state index < -0.39 is 4.92 Å². The lowest BCUT2D eigenvalue weighted by molar-refractivity contribution is -0.384. The van der Waals surface area contributed by atoms with E-state index in [-0.39, 0.29) is 5.69 Å². The molecule has 0 amide bonds. The van der Waals surface area contributed by atoms with E-state index in [1.807, 2.05) is 24.3 Å². The van der Waals surface area contributed by atoms with Gasteiger partial charge in [-0.1, -0.05) is 27.5 Å². The van der Waals surface area contributed by atoms with Crippen LogP contribution in [0.15, 0.2) is 68.6 Å². The van der Waals surface area contributed by atoms with Gasteiger partial charge in [0, 0.05) is 22.2 Å². The summed E-state index contributed by atoms with van der Waals surface area (Å²) in [6, 6.07) is 15.1. The molecule has 0 aliphatic rings. The first kappa shape index (κ1) is 17.2. The third-order valence-corrected chi connectivity index (χ3v) is 4.14. The molecule has 0 saturated carbocycles. The predicted molar refractivity (Wildman–Crippen MR) is 101 cm³/mol. The summed E-state index contributed by atoms with van der Waals surface area (Å²) in [5, 5.41) is 15.4. The van der Waals surface area contributed by atoms with Gasteiger partial charge in [0.15, 0.2) is 0 Å². The molecule has 0 aliphatic carbocycles. The van der Waals surface area contributed by atoms with E-state index in [0.29, 0.717) is 22.1 Å². The van der Waals surface area contributed by atoms with Gasteiger partial charge in [0.2, 0.25) is 0 Å². The van der Waals surface area contributed by atoms with Crippen molar-refractivity contribution in [1.82, 2.24) is 0 Å². The van der Waals surface area contributed by atoms with Gasteiger partial charge in [-0.3, -0.25) is 15.5 Å². The molecule has 0 saturated heterocycles. The summed E-state index contributed by atoms with van der Waals surface area (Å²) in [5.74, 6) is 0.918. The van der Waals surface area contributed by atoms with E-state index in [9.17, 15) is 10.1 Å². The number of benzene rings is 2. The summed E-state index contributed by atoms with van der Waals surface area (Å²) in [6.07, 6.45) is 1.51. The average Bonchev–Trinajstić information content (AvgIpc) is 3.05. The van der Waals surface area contributed by atoms with Crippen molar-refractivity contribution in [3.05, 3.63) is 80.0 Å². The maximum atomic E-state index is 10.9. The Hall–Kier alpha value is -2.64. The number of hydrogen-bond acceptors (Lipinski definition) is 5. The molecule has 0 radical (unpaired) electrons. The van der Waals surface area contributed by atoms with Gasteiger partial charge in [-0.15, -0.1) is 0 Å². The Kier molecular flexibility index (Phi) is 5.16. The molecule has 0 aliphatic heterocycles. The van der Waals surface area contributed by atoms with Crippen LogP contribution in [-0.4, -0.2) is 11.1 Å². The normalized spacial score (nSPS) is 11.0. The number of furan rings is 1. The first-order chi connectivity index (χ1) is 12.0. The Labute approximate surface area is 156 Å². The van der Waals surface area contributed by atoms with Gasteiger partial charge in [-0.05, 0) is 42.5 Å². The fourth-order valence-electron chi connectivity index (χ4n) is 2.08. The molecule has 3 aromatic rings. The van der Waals surface area contributed by atoms with Crippen LogP contribution in [0.3, 0.4) is 0 Å². The summed E-state index contributed by atoms with van der Waals surface area (Å²) in [5.41, 5.74) is 4.11. The maximum absolute atomic E-state index is 10.9. The monoisotopic (exact) mass is 419 g/mol. The first-order valence-electron chi connectivity index (χ1n) is 7.12. The van der Waals surface area contributed by atoms with Crippen LogP contribution in [-0.2, 0) is 0 Å². The highest BCUT2D eigenvalue weighted by atomic mass is 79.9.